The summed E-state index contributed by atoms with van der Waals surface area (Å²) in [6.07, 6.45) is -1.42. The molecule has 0 spiro atoms. The van der Waals surface area contributed by atoms with Gasteiger partial charge in [-0.15, -0.1) is 11.3 Å². The summed E-state index contributed by atoms with van der Waals surface area (Å²) in [5.74, 6) is 0. The van der Waals surface area contributed by atoms with Crippen LogP contribution in [0.15, 0.2) is 12.1 Å². The summed E-state index contributed by atoms with van der Waals surface area (Å²) in [4.78, 5) is 1.06. The second-order valence-electron chi connectivity index (χ2n) is 2.39. The molecule has 0 aromatic carbocycles. The molecule has 1 aromatic rings. The molecule has 0 fully saturated rings. The van der Waals surface area contributed by atoms with Crippen molar-refractivity contribution >= 4 is 27.3 Å². The normalized spacial score (nSPS) is 13.8. The van der Waals surface area contributed by atoms with Crippen molar-refractivity contribution in [2.24, 2.45) is 0 Å². The second kappa shape index (κ2) is 4.33. The van der Waals surface area contributed by atoms with Gasteiger partial charge < -0.3 is 0 Å². The lowest BCUT2D eigenvalue weighted by Crippen LogP contribution is -1.98. The first-order chi connectivity index (χ1) is 5.65. The highest BCUT2D eigenvalue weighted by atomic mass is 79.9. The van der Waals surface area contributed by atoms with Crippen molar-refractivity contribution in [2.75, 3.05) is 0 Å². The van der Waals surface area contributed by atoms with Crippen molar-refractivity contribution < 1.29 is 8.78 Å². The number of hydrogen-bond acceptors (Lipinski definition) is 1. The molecular weight excluding hydrogens is 246 g/mol. The first-order valence-corrected chi connectivity index (χ1v) is 5.39. The molecule has 0 bridgehead atoms. The van der Waals surface area contributed by atoms with Crippen molar-refractivity contribution in [1.82, 2.24) is 0 Å². The summed E-state index contributed by atoms with van der Waals surface area (Å²) in [5, 5.41) is 0. The average molecular weight is 255 g/mol. The molecule has 68 valence electrons. The number of thiophene rings is 1. The zero-order valence-electron chi connectivity index (χ0n) is 6.56. The predicted octanol–water partition coefficient (Wildman–Crippen LogP) is 4.01. The maximum atomic E-state index is 12.2. The molecule has 1 heterocycles. The smallest absolute Gasteiger partial charge is 0.209 e. The average Bonchev–Trinajstić information content (AvgIpc) is 2.50. The van der Waals surface area contributed by atoms with Gasteiger partial charge in [-0.05, 0) is 18.6 Å². The van der Waals surface area contributed by atoms with Gasteiger partial charge in [0.05, 0.1) is 0 Å². The van der Waals surface area contributed by atoms with Crippen LogP contribution in [0, 0.1) is 0 Å². The number of hydrogen-bond donors (Lipinski definition) is 0. The molecule has 0 aliphatic carbocycles. The van der Waals surface area contributed by atoms with Crippen LogP contribution in [0.5, 0.6) is 0 Å². The van der Waals surface area contributed by atoms with Gasteiger partial charge in [0.25, 0.3) is 6.43 Å². The van der Waals surface area contributed by atoms with E-state index >= 15 is 0 Å². The summed E-state index contributed by atoms with van der Waals surface area (Å²) in [6.45, 7) is 2.02. The molecule has 0 radical (unpaired) electrons. The van der Waals surface area contributed by atoms with Gasteiger partial charge in [-0.1, -0.05) is 22.9 Å². The second-order valence-corrected chi connectivity index (χ2v) is 4.58. The Morgan fingerprint density at radius 2 is 2.17 bits per heavy atom. The lowest BCUT2D eigenvalue weighted by atomic mass is 10.3. The highest BCUT2D eigenvalue weighted by molar-refractivity contribution is 9.09. The molecule has 4 heteroatoms. The topological polar surface area (TPSA) is 0 Å². The van der Waals surface area contributed by atoms with E-state index < -0.39 is 11.3 Å². The number of halogens is 3. The van der Waals surface area contributed by atoms with E-state index in [2.05, 4.69) is 15.9 Å². The van der Waals surface area contributed by atoms with Gasteiger partial charge in [0.15, 0.2) is 0 Å². The van der Waals surface area contributed by atoms with Crippen molar-refractivity contribution in [1.29, 1.82) is 0 Å². The summed E-state index contributed by atoms with van der Waals surface area (Å²) < 4.78 is 24.4. The number of rotatable bonds is 3. The Kier molecular flexibility index (Phi) is 3.65. The van der Waals surface area contributed by atoms with Crippen molar-refractivity contribution in [3.05, 3.63) is 21.9 Å². The first-order valence-electron chi connectivity index (χ1n) is 3.66. The van der Waals surface area contributed by atoms with Gasteiger partial charge in [0.1, 0.15) is 4.83 Å². The Morgan fingerprint density at radius 1 is 1.50 bits per heavy atom. The Labute approximate surface area is 82.7 Å². The Hall–Kier alpha value is 0.0400. The minimum atomic E-state index is -2.33. The Balaban J connectivity index is 2.74. The molecule has 1 unspecified atom stereocenters. The monoisotopic (exact) mass is 254 g/mol. The third-order valence-corrected chi connectivity index (χ3v) is 4.03. The largest absolute Gasteiger partial charge is 0.255 e. The lowest BCUT2D eigenvalue weighted by Gasteiger charge is -2.04. The van der Waals surface area contributed by atoms with Gasteiger partial charge in [-0.2, -0.15) is 0 Å². The molecule has 12 heavy (non-hydrogen) atoms. The van der Waals surface area contributed by atoms with E-state index in [1.54, 1.807) is 6.07 Å². The number of aryl methyl sites for hydroxylation is 1. The van der Waals surface area contributed by atoms with Crippen molar-refractivity contribution in [3.63, 3.8) is 0 Å². The SMILES string of the molecule is CCc1ccc(C(Br)C(F)F)s1. The van der Waals surface area contributed by atoms with Crippen LogP contribution >= 0.6 is 27.3 Å². The minimum absolute atomic E-state index is 0.710. The van der Waals surface area contributed by atoms with E-state index in [1.807, 2.05) is 13.0 Å². The fraction of sp³-hybridized carbons (Fsp3) is 0.500. The van der Waals surface area contributed by atoms with E-state index in [-0.39, 0.29) is 0 Å². The van der Waals surface area contributed by atoms with Crippen molar-refractivity contribution in [2.45, 2.75) is 24.6 Å². The highest BCUT2D eigenvalue weighted by Crippen LogP contribution is 2.34. The molecule has 0 amide bonds. The van der Waals surface area contributed by atoms with E-state index in [9.17, 15) is 8.78 Å². The van der Waals surface area contributed by atoms with Crippen LogP contribution < -0.4 is 0 Å². The van der Waals surface area contributed by atoms with Gasteiger partial charge in [-0.25, -0.2) is 8.78 Å². The van der Waals surface area contributed by atoms with Crippen LogP contribution in [0.1, 0.15) is 21.5 Å². The summed E-state index contributed by atoms with van der Waals surface area (Å²) >= 11 is 4.40. The van der Waals surface area contributed by atoms with Crippen LogP contribution in [0.25, 0.3) is 0 Å². The summed E-state index contributed by atoms with van der Waals surface area (Å²) in [7, 11) is 0. The molecule has 0 aliphatic rings. The molecular formula is C8H9BrF2S. The first kappa shape index (κ1) is 10.1. The van der Waals surface area contributed by atoms with Crippen LogP contribution in [0.2, 0.25) is 0 Å². The summed E-state index contributed by atoms with van der Waals surface area (Å²) in [6, 6.07) is 3.66. The zero-order valence-corrected chi connectivity index (χ0v) is 8.96. The maximum absolute atomic E-state index is 12.2. The molecule has 1 aromatic heterocycles. The number of alkyl halides is 3. The Bertz CT molecular complexity index is 247. The molecule has 0 saturated carbocycles. The summed E-state index contributed by atoms with van der Waals surface area (Å²) in [5.41, 5.74) is 0. The van der Waals surface area contributed by atoms with E-state index in [1.165, 1.54) is 11.3 Å². The van der Waals surface area contributed by atoms with Gasteiger partial charge >= 0.3 is 0 Å². The maximum Gasteiger partial charge on any atom is 0.255 e. The van der Waals surface area contributed by atoms with Crippen LogP contribution in [-0.2, 0) is 6.42 Å². The molecule has 1 atom stereocenters. The zero-order chi connectivity index (χ0) is 9.14. The molecule has 0 nitrogen and oxygen atoms in total. The standard InChI is InChI=1S/C8H9BrF2S/c1-2-5-3-4-6(12-5)7(9)8(10)11/h3-4,7-8H,2H2,1H3. The van der Waals surface area contributed by atoms with Crippen molar-refractivity contribution in [3.8, 4) is 0 Å². The minimum Gasteiger partial charge on any atom is -0.209 e. The third kappa shape index (κ3) is 2.26. The van der Waals surface area contributed by atoms with E-state index in [0.29, 0.717) is 4.88 Å². The van der Waals surface area contributed by atoms with Crippen LogP contribution in [0.3, 0.4) is 0 Å². The Morgan fingerprint density at radius 3 is 2.58 bits per heavy atom. The lowest BCUT2D eigenvalue weighted by molar-refractivity contribution is 0.148. The highest BCUT2D eigenvalue weighted by Gasteiger charge is 2.20. The van der Waals surface area contributed by atoms with Gasteiger partial charge in [-0.3, -0.25) is 0 Å². The molecule has 0 N–H and O–H groups in total. The van der Waals surface area contributed by atoms with Gasteiger partial charge in [0.2, 0.25) is 0 Å². The predicted molar refractivity (Wildman–Crippen MR) is 51.4 cm³/mol. The molecule has 1 rings (SSSR count). The van der Waals surface area contributed by atoms with E-state index in [0.717, 1.165) is 11.3 Å². The molecule has 0 aliphatic heterocycles. The quantitative estimate of drug-likeness (QED) is 0.716. The fourth-order valence-corrected chi connectivity index (χ4v) is 2.22. The van der Waals surface area contributed by atoms with Crippen LogP contribution in [0.4, 0.5) is 8.78 Å². The van der Waals surface area contributed by atoms with Gasteiger partial charge in [0, 0.05) is 9.75 Å². The fourth-order valence-electron chi connectivity index (χ4n) is 0.857. The van der Waals surface area contributed by atoms with E-state index in [4.69, 9.17) is 0 Å². The third-order valence-electron chi connectivity index (χ3n) is 1.52. The molecule has 0 saturated heterocycles. The van der Waals surface area contributed by atoms with Crippen LogP contribution in [-0.4, -0.2) is 6.43 Å².